The van der Waals surface area contributed by atoms with Gasteiger partial charge in [0.15, 0.2) is 8.32 Å². The highest BCUT2D eigenvalue weighted by Gasteiger charge is 2.44. The first-order valence-corrected chi connectivity index (χ1v) is 11.8. The van der Waals surface area contributed by atoms with E-state index in [0.717, 1.165) is 19.4 Å². The van der Waals surface area contributed by atoms with Crippen LogP contribution in [-0.2, 0) is 9.22 Å². The van der Waals surface area contributed by atoms with Crippen LogP contribution < -0.4 is 0 Å². The van der Waals surface area contributed by atoms with Crippen molar-refractivity contribution in [2.75, 3.05) is 6.61 Å². The van der Waals surface area contributed by atoms with Crippen LogP contribution in [0.1, 0.15) is 47.5 Å². The summed E-state index contributed by atoms with van der Waals surface area (Å²) in [4.78, 5) is 12.6. The molecule has 3 heteroatoms. The maximum Gasteiger partial charge on any atom is 0.191 e. The molecule has 0 aromatic heterocycles. The van der Waals surface area contributed by atoms with Crippen LogP contribution in [0.4, 0.5) is 0 Å². The molecule has 5 atom stereocenters. The summed E-state index contributed by atoms with van der Waals surface area (Å²) in [5.41, 5.74) is 0. The maximum atomic E-state index is 12.6. The van der Waals surface area contributed by atoms with Gasteiger partial charge in [0, 0.05) is 18.9 Å². The Balaban J connectivity index is 2.12. The van der Waals surface area contributed by atoms with Crippen molar-refractivity contribution in [2.45, 2.75) is 65.6 Å². The number of hydrogen-bond donors (Lipinski definition) is 0. The van der Waals surface area contributed by atoms with Gasteiger partial charge in [0.1, 0.15) is 5.78 Å². The first-order chi connectivity index (χ1) is 10.0. The normalized spacial score (nSPS) is 36.3. The number of carbonyl (C=O) groups excluding carboxylic acids is 1. The lowest BCUT2D eigenvalue weighted by atomic mass is 9.63. The van der Waals surface area contributed by atoms with Gasteiger partial charge in [-0.15, -0.1) is 0 Å². The molecule has 0 aliphatic heterocycles. The highest BCUT2D eigenvalue weighted by atomic mass is 28.4. The molecule has 0 radical (unpaired) electrons. The standard InChI is InChI=1S/C19H34O2Si/c1-13-10-15-9-8-14(2)16(18(15)17(20)11-13)12-21-22(6,7)19(3,4)5/h8-9,13-16,18H,10-12H2,1-7H3/t13-,14+,15+,16+,18-/m1/s1. The van der Waals surface area contributed by atoms with E-state index in [1.165, 1.54) is 0 Å². The minimum Gasteiger partial charge on any atom is -0.417 e. The van der Waals surface area contributed by atoms with E-state index < -0.39 is 8.32 Å². The number of Topliss-reactive ketones (excluding diaryl/α,β-unsaturated/α-hetero) is 1. The third-order valence-corrected chi connectivity index (χ3v) is 10.8. The summed E-state index contributed by atoms with van der Waals surface area (Å²) in [5, 5.41) is 0.227. The van der Waals surface area contributed by atoms with Gasteiger partial charge in [0.25, 0.3) is 0 Å². The number of ketones is 1. The summed E-state index contributed by atoms with van der Waals surface area (Å²) in [5.74, 6) is 2.46. The molecule has 0 saturated heterocycles. The molecule has 0 aromatic carbocycles. The molecule has 22 heavy (non-hydrogen) atoms. The Morgan fingerprint density at radius 1 is 1.23 bits per heavy atom. The largest absolute Gasteiger partial charge is 0.417 e. The fourth-order valence-corrected chi connectivity index (χ4v) is 4.77. The van der Waals surface area contributed by atoms with Gasteiger partial charge in [-0.05, 0) is 48.2 Å². The second kappa shape index (κ2) is 6.24. The van der Waals surface area contributed by atoms with Gasteiger partial charge in [-0.2, -0.15) is 0 Å². The maximum absolute atomic E-state index is 12.6. The summed E-state index contributed by atoms with van der Waals surface area (Å²) in [6.45, 7) is 16.7. The molecule has 1 saturated carbocycles. The van der Waals surface area contributed by atoms with Crippen molar-refractivity contribution in [3.05, 3.63) is 12.2 Å². The van der Waals surface area contributed by atoms with E-state index in [-0.39, 0.29) is 11.0 Å². The van der Waals surface area contributed by atoms with Gasteiger partial charge < -0.3 is 4.43 Å². The smallest absolute Gasteiger partial charge is 0.191 e. The fraction of sp³-hybridized carbons (Fsp3) is 0.842. The van der Waals surface area contributed by atoms with Crippen molar-refractivity contribution in [1.29, 1.82) is 0 Å². The molecule has 0 aromatic rings. The molecule has 0 unspecified atom stereocenters. The van der Waals surface area contributed by atoms with Crippen molar-refractivity contribution in [1.82, 2.24) is 0 Å². The molecular weight excluding hydrogens is 288 g/mol. The molecule has 2 nitrogen and oxygen atoms in total. The number of fused-ring (bicyclic) bond motifs is 1. The van der Waals surface area contributed by atoms with Crippen molar-refractivity contribution in [3.63, 3.8) is 0 Å². The van der Waals surface area contributed by atoms with Crippen LogP contribution in [0, 0.1) is 29.6 Å². The van der Waals surface area contributed by atoms with Crippen LogP contribution in [0.2, 0.25) is 18.1 Å². The quantitative estimate of drug-likeness (QED) is 0.536. The summed E-state index contributed by atoms with van der Waals surface area (Å²) in [6.07, 6.45) is 6.56. The average molecular weight is 323 g/mol. The third-order valence-electron chi connectivity index (χ3n) is 6.30. The van der Waals surface area contributed by atoms with Crippen LogP contribution in [0.25, 0.3) is 0 Å². The van der Waals surface area contributed by atoms with Gasteiger partial charge in [-0.1, -0.05) is 46.8 Å². The van der Waals surface area contributed by atoms with Crippen LogP contribution in [0.3, 0.4) is 0 Å². The predicted octanol–water partition coefficient (Wildman–Crippen LogP) is 5.06. The lowest BCUT2D eigenvalue weighted by Gasteiger charge is -2.44. The number of rotatable bonds is 3. The molecular formula is C19H34O2Si. The van der Waals surface area contributed by atoms with E-state index in [2.05, 4.69) is 59.9 Å². The van der Waals surface area contributed by atoms with Gasteiger partial charge in [-0.25, -0.2) is 0 Å². The first kappa shape index (κ1) is 17.9. The monoisotopic (exact) mass is 322 g/mol. The number of carbonyl (C=O) groups is 1. The fourth-order valence-electron chi connectivity index (χ4n) is 3.73. The molecule has 0 spiro atoms. The predicted molar refractivity (Wildman–Crippen MR) is 95.3 cm³/mol. The summed E-state index contributed by atoms with van der Waals surface area (Å²) >= 11 is 0. The summed E-state index contributed by atoms with van der Waals surface area (Å²) in [7, 11) is -1.75. The SMILES string of the molecule is C[C@H]1CC(=O)[C@H]2[C@@H](CO[Si](C)(C)C(C)(C)C)[C@@H](C)C=C[C@H]2C1. The van der Waals surface area contributed by atoms with E-state index in [1.54, 1.807) is 0 Å². The zero-order valence-electron chi connectivity index (χ0n) is 15.5. The van der Waals surface area contributed by atoms with E-state index in [0.29, 0.717) is 29.5 Å². The van der Waals surface area contributed by atoms with Crippen LogP contribution >= 0.6 is 0 Å². The van der Waals surface area contributed by atoms with Crippen LogP contribution in [0.15, 0.2) is 12.2 Å². The second-order valence-electron chi connectivity index (χ2n) is 9.18. The Bertz CT molecular complexity index is 447. The highest BCUT2D eigenvalue weighted by molar-refractivity contribution is 6.74. The Hall–Kier alpha value is -0.413. The van der Waals surface area contributed by atoms with Crippen molar-refractivity contribution in [3.8, 4) is 0 Å². The lowest BCUT2D eigenvalue weighted by Crippen LogP contribution is -2.47. The first-order valence-electron chi connectivity index (χ1n) is 8.88. The van der Waals surface area contributed by atoms with Crippen molar-refractivity contribution >= 4 is 14.1 Å². The van der Waals surface area contributed by atoms with E-state index >= 15 is 0 Å². The lowest BCUT2D eigenvalue weighted by molar-refractivity contribution is -0.131. The van der Waals surface area contributed by atoms with Crippen molar-refractivity contribution in [2.24, 2.45) is 29.6 Å². The van der Waals surface area contributed by atoms with Gasteiger partial charge >= 0.3 is 0 Å². The summed E-state index contributed by atoms with van der Waals surface area (Å²) in [6, 6.07) is 0. The molecule has 0 amide bonds. The summed E-state index contributed by atoms with van der Waals surface area (Å²) < 4.78 is 6.48. The van der Waals surface area contributed by atoms with Crippen LogP contribution in [0.5, 0.6) is 0 Å². The second-order valence-corrected chi connectivity index (χ2v) is 14.0. The molecule has 2 aliphatic carbocycles. The number of hydrogen-bond acceptors (Lipinski definition) is 2. The highest BCUT2D eigenvalue weighted by Crippen LogP contribution is 2.44. The molecule has 0 bridgehead atoms. The Kier molecular flexibility index (Phi) is 5.08. The van der Waals surface area contributed by atoms with Crippen LogP contribution in [-0.4, -0.2) is 20.7 Å². The zero-order chi connectivity index (χ0) is 16.7. The third kappa shape index (κ3) is 3.56. The molecule has 2 rings (SSSR count). The van der Waals surface area contributed by atoms with Gasteiger partial charge in [-0.3, -0.25) is 4.79 Å². The van der Waals surface area contributed by atoms with Crippen molar-refractivity contribution < 1.29 is 9.22 Å². The Labute approximate surface area is 137 Å². The van der Waals surface area contributed by atoms with E-state index in [4.69, 9.17) is 4.43 Å². The Morgan fingerprint density at radius 3 is 2.45 bits per heavy atom. The topological polar surface area (TPSA) is 26.3 Å². The zero-order valence-corrected chi connectivity index (χ0v) is 16.5. The molecule has 0 N–H and O–H groups in total. The van der Waals surface area contributed by atoms with E-state index in [9.17, 15) is 4.79 Å². The molecule has 2 aliphatic rings. The number of allylic oxidation sites excluding steroid dienone is 2. The minimum atomic E-state index is -1.75. The Morgan fingerprint density at radius 2 is 1.86 bits per heavy atom. The minimum absolute atomic E-state index is 0.195. The van der Waals surface area contributed by atoms with Gasteiger partial charge in [0.05, 0.1) is 0 Å². The molecule has 126 valence electrons. The molecule has 1 fully saturated rings. The average Bonchev–Trinajstić information content (AvgIpc) is 2.36. The van der Waals surface area contributed by atoms with Gasteiger partial charge in [0.2, 0.25) is 0 Å². The molecule has 0 heterocycles. The van der Waals surface area contributed by atoms with E-state index in [1.807, 2.05) is 0 Å².